The van der Waals surface area contributed by atoms with Crippen molar-refractivity contribution in [1.82, 2.24) is 5.32 Å². The third-order valence-corrected chi connectivity index (χ3v) is 4.48. The first-order valence-corrected chi connectivity index (χ1v) is 10.2. The minimum atomic E-state index is -0.280. The molecule has 2 amide bonds. The van der Waals surface area contributed by atoms with Gasteiger partial charge < -0.3 is 20.1 Å². The largest absolute Gasteiger partial charge is 0.491 e. The Bertz CT molecular complexity index is 1010. The molecule has 0 aliphatic rings. The van der Waals surface area contributed by atoms with Gasteiger partial charge in [0.2, 0.25) is 0 Å². The topological polar surface area (TPSA) is 76.7 Å². The molecule has 160 valence electrons. The van der Waals surface area contributed by atoms with Crippen LogP contribution in [0.15, 0.2) is 78.9 Å². The average Bonchev–Trinajstić information content (AvgIpc) is 2.81. The standard InChI is InChI=1S/C25H26N2O4/c1-2-30-14-15-31-23-13-7-11-21(17-23)25(29)27-22-12-6-10-20(16-22)24(28)26-18-19-8-4-3-5-9-19/h3-13,16-17H,2,14-15,18H2,1H3,(H,26,28)(H,27,29). The van der Waals surface area contributed by atoms with Crippen LogP contribution in [-0.2, 0) is 11.3 Å². The minimum Gasteiger partial charge on any atom is -0.491 e. The fraction of sp³-hybridized carbons (Fsp3) is 0.200. The zero-order valence-electron chi connectivity index (χ0n) is 17.5. The van der Waals surface area contributed by atoms with Gasteiger partial charge in [0.1, 0.15) is 12.4 Å². The molecule has 0 spiro atoms. The van der Waals surface area contributed by atoms with E-state index in [2.05, 4.69) is 10.6 Å². The lowest BCUT2D eigenvalue weighted by molar-refractivity contribution is 0.0949. The molecule has 0 saturated carbocycles. The van der Waals surface area contributed by atoms with E-state index >= 15 is 0 Å². The highest BCUT2D eigenvalue weighted by Gasteiger charge is 2.10. The lowest BCUT2D eigenvalue weighted by Crippen LogP contribution is -2.23. The molecule has 6 nitrogen and oxygen atoms in total. The first kappa shape index (κ1) is 22.1. The summed E-state index contributed by atoms with van der Waals surface area (Å²) in [5.41, 5.74) is 2.50. The summed E-state index contributed by atoms with van der Waals surface area (Å²) in [5.74, 6) is 0.114. The summed E-state index contributed by atoms with van der Waals surface area (Å²) < 4.78 is 10.9. The van der Waals surface area contributed by atoms with Gasteiger partial charge in [-0.15, -0.1) is 0 Å². The fourth-order valence-corrected chi connectivity index (χ4v) is 2.91. The lowest BCUT2D eigenvalue weighted by atomic mass is 10.1. The van der Waals surface area contributed by atoms with E-state index in [4.69, 9.17) is 9.47 Å². The Morgan fingerprint density at radius 2 is 1.55 bits per heavy atom. The molecule has 0 aliphatic heterocycles. The molecule has 3 aromatic rings. The molecule has 3 rings (SSSR count). The van der Waals surface area contributed by atoms with Crippen LogP contribution in [0.2, 0.25) is 0 Å². The number of nitrogens with one attached hydrogen (secondary N) is 2. The Morgan fingerprint density at radius 3 is 2.32 bits per heavy atom. The fourth-order valence-electron chi connectivity index (χ4n) is 2.91. The Balaban J connectivity index is 1.58. The first-order chi connectivity index (χ1) is 15.2. The number of ether oxygens (including phenoxy) is 2. The van der Waals surface area contributed by atoms with Crippen molar-refractivity contribution in [1.29, 1.82) is 0 Å². The Morgan fingerprint density at radius 1 is 0.806 bits per heavy atom. The number of carbonyl (C=O) groups is 2. The molecule has 0 heterocycles. The summed E-state index contributed by atoms with van der Waals surface area (Å²) in [7, 11) is 0. The van der Waals surface area contributed by atoms with E-state index in [0.717, 1.165) is 5.56 Å². The maximum Gasteiger partial charge on any atom is 0.255 e. The van der Waals surface area contributed by atoms with Gasteiger partial charge in [0, 0.05) is 30.0 Å². The average molecular weight is 418 g/mol. The predicted octanol–water partition coefficient (Wildman–Crippen LogP) is 4.28. The summed E-state index contributed by atoms with van der Waals surface area (Å²) in [4.78, 5) is 25.1. The molecule has 0 bridgehead atoms. The molecular weight excluding hydrogens is 392 g/mol. The van der Waals surface area contributed by atoms with Crippen molar-refractivity contribution in [2.24, 2.45) is 0 Å². The van der Waals surface area contributed by atoms with Crippen LogP contribution in [0.25, 0.3) is 0 Å². The number of carbonyl (C=O) groups excluding carboxylic acids is 2. The normalized spacial score (nSPS) is 10.4. The maximum absolute atomic E-state index is 12.6. The van der Waals surface area contributed by atoms with E-state index in [1.165, 1.54) is 0 Å². The van der Waals surface area contributed by atoms with Crippen molar-refractivity contribution in [3.63, 3.8) is 0 Å². The van der Waals surface area contributed by atoms with E-state index in [0.29, 0.717) is 48.9 Å². The molecule has 0 aliphatic carbocycles. The highest BCUT2D eigenvalue weighted by atomic mass is 16.5. The van der Waals surface area contributed by atoms with Gasteiger partial charge in [0.15, 0.2) is 0 Å². The Labute approximate surface area is 182 Å². The third kappa shape index (κ3) is 6.97. The van der Waals surface area contributed by atoms with Crippen molar-refractivity contribution in [3.8, 4) is 5.75 Å². The van der Waals surface area contributed by atoms with Gasteiger partial charge in [-0.1, -0.05) is 42.5 Å². The van der Waals surface area contributed by atoms with Gasteiger partial charge in [-0.25, -0.2) is 0 Å². The van der Waals surface area contributed by atoms with E-state index in [1.54, 1.807) is 48.5 Å². The first-order valence-electron chi connectivity index (χ1n) is 10.2. The number of benzene rings is 3. The predicted molar refractivity (Wildman–Crippen MR) is 120 cm³/mol. The molecule has 0 saturated heterocycles. The van der Waals surface area contributed by atoms with Crippen LogP contribution < -0.4 is 15.4 Å². The lowest BCUT2D eigenvalue weighted by Gasteiger charge is -2.10. The second kappa shape index (κ2) is 11.5. The van der Waals surface area contributed by atoms with Crippen LogP contribution in [0.5, 0.6) is 5.75 Å². The van der Waals surface area contributed by atoms with Crippen molar-refractivity contribution < 1.29 is 19.1 Å². The van der Waals surface area contributed by atoms with Gasteiger partial charge in [-0.05, 0) is 48.9 Å². The number of amides is 2. The highest BCUT2D eigenvalue weighted by Crippen LogP contribution is 2.16. The molecule has 0 aromatic heterocycles. The second-order valence-electron chi connectivity index (χ2n) is 6.78. The summed E-state index contributed by atoms with van der Waals surface area (Å²) in [5, 5.41) is 5.72. The van der Waals surface area contributed by atoms with Gasteiger partial charge in [-0.3, -0.25) is 9.59 Å². The molecule has 0 atom stereocenters. The van der Waals surface area contributed by atoms with Crippen molar-refractivity contribution in [2.45, 2.75) is 13.5 Å². The quantitative estimate of drug-likeness (QED) is 0.482. The van der Waals surface area contributed by atoms with E-state index in [1.807, 2.05) is 37.3 Å². The SMILES string of the molecule is CCOCCOc1cccc(C(=O)Nc2cccc(C(=O)NCc3ccccc3)c2)c1. The maximum atomic E-state index is 12.6. The number of anilines is 1. The second-order valence-corrected chi connectivity index (χ2v) is 6.78. The summed E-state index contributed by atoms with van der Waals surface area (Å²) in [6, 6.07) is 23.5. The summed E-state index contributed by atoms with van der Waals surface area (Å²) in [6.45, 7) is 3.90. The van der Waals surface area contributed by atoms with Gasteiger partial charge in [-0.2, -0.15) is 0 Å². The molecule has 0 radical (unpaired) electrons. The van der Waals surface area contributed by atoms with Crippen molar-refractivity contribution >= 4 is 17.5 Å². The van der Waals surface area contributed by atoms with Crippen LogP contribution in [0.3, 0.4) is 0 Å². The van der Waals surface area contributed by atoms with Gasteiger partial charge >= 0.3 is 0 Å². The van der Waals surface area contributed by atoms with Gasteiger partial charge in [0.05, 0.1) is 6.61 Å². The van der Waals surface area contributed by atoms with Crippen molar-refractivity contribution in [3.05, 3.63) is 95.6 Å². The Hall–Kier alpha value is -3.64. The van der Waals surface area contributed by atoms with E-state index < -0.39 is 0 Å². The molecular formula is C25H26N2O4. The smallest absolute Gasteiger partial charge is 0.255 e. The number of rotatable bonds is 10. The van der Waals surface area contributed by atoms with Gasteiger partial charge in [0.25, 0.3) is 11.8 Å². The molecule has 3 aromatic carbocycles. The third-order valence-electron chi connectivity index (χ3n) is 4.48. The van der Waals surface area contributed by atoms with Crippen LogP contribution >= 0.6 is 0 Å². The molecule has 2 N–H and O–H groups in total. The highest BCUT2D eigenvalue weighted by molar-refractivity contribution is 6.05. The number of hydrogen-bond acceptors (Lipinski definition) is 4. The number of hydrogen-bond donors (Lipinski definition) is 2. The van der Waals surface area contributed by atoms with Crippen LogP contribution in [0, 0.1) is 0 Å². The summed E-state index contributed by atoms with van der Waals surface area (Å²) >= 11 is 0. The molecule has 0 unspecified atom stereocenters. The monoisotopic (exact) mass is 418 g/mol. The zero-order valence-corrected chi connectivity index (χ0v) is 17.5. The Kier molecular flexibility index (Phi) is 8.20. The molecule has 31 heavy (non-hydrogen) atoms. The van der Waals surface area contributed by atoms with Crippen LogP contribution in [0.4, 0.5) is 5.69 Å². The molecule has 6 heteroatoms. The zero-order chi connectivity index (χ0) is 21.9. The molecule has 0 fully saturated rings. The van der Waals surface area contributed by atoms with Crippen LogP contribution in [-0.4, -0.2) is 31.6 Å². The van der Waals surface area contributed by atoms with Crippen molar-refractivity contribution in [2.75, 3.05) is 25.1 Å². The van der Waals surface area contributed by atoms with E-state index in [9.17, 15) is 9.59 Å². The summed E-state index contributed by atoms with van der Waals surface area (Å²) in [6.07, 6.45) is 0. The minimum absolute atomic E-state index is 0.204. The van der Waals surface area contributed by atoms with E-state index in [-0.39, 0.29) is 11.8 Å². The van der Waals surface area contributed by atoms with Crippen LogP contribution in [0.1, 0.15) is 33.2 Å².